The number of benzene rings is 2. The van der Waals surface area contributed by atoms with Gasteiger partial charge in [-0.25, -0.2) is 0 Å². The summed E-state index contributed by atoms with van der Waals surface area (Å²) in [4.78, 5) is 12.7. The van der Waals surface area contributed by atoms with Crippen LogP contribution in [0, 0.1) is 0 Å². The maximum Gasteiger partial charge on any atom is 0.261 e. The van der Waals surface area contributed by atoms with Gasteiger partial charge >= 0.3 is 0 Å². The van der Waals surface area contributed by atoms with Crippen molar-refractivity contribution < 1.29 is 19.0 Å². The number of carbonyl (C=O) groups is 1. The molecule has 0 radical (unpaired) electrons. The van der Waals surface area contributed by atoms with Crippen molar-refractivity contribution in [2.45, 2.75) is 58.6 Å². The van der Waals surface area contributed by atoms with Gasteiger partial charge in [0.1, 0.15) is 5.75 Å². The van der Waals surface area contributed by atoms with E-state index in [-0.39, 0.29) is 17.4 Å². The highest BCUT2D eigenvalue weighted by Crippen LogP contribution is 2.31. The lowest BCUT2D eigenvalue weighted by Crippen LogP contribution is -2.38. The lowest BCUT2D eigenvalue weighted by molar-refractivity contribution is -0.128. The summed E-state index contributed by atoms with van der Waals surface area (Å²) in [6, 6.07) is 13.4. The monoisotopic (exact) mass is 399 g/mol. The molecule has 0 fully saturated rings. The van der Waals surface area contributed by atoms with E-state index in [4.69, 9.17) is 14.2 Å². The molecule has 0 aromatic heterocycles. The van der Waals surface area contributed by atoms with Gasteiger partial charge in [-0.15, -0.1) is 0 Å². The lowest BCUT2D eigenvalue weighted by Gasteiger charge is -2.22. The van der Waals surface area contributed by atoms with E-state index in [1.54, 1.807) is 21.1 Å². The molecule has 1 N–H and O–H groups in total. The van der Waals surface area contributed by atoms with Crippen LogP contribution < -0.4 is 19.5 Å². The van der Waals surface area contributed by atoms with Crippen LogP contribution in [0.2, 0.25) is 0 Å². The van der Waals surface area contributed by atoms with E-state index < -0.39 is 6.10 Å². The molecule has 158 valence electrons. The molecule has 0 aliphatic heterocycles. The van der Waals surface area contributed by atoms with E-state index in [1.807, 2.05) is 49.4 Å². The van der Waals surface area contributed by atoms with Crippen LogP contribution in [0.4, 0.5) is 0 Å². The molecule has 0 heterocycles. The lowest BCUT2D eigenvalue weighted by atomic mass is 9.87. The maximum atomic E-state index is 12.7. The smallest absolute Gasteiger partial charge is 0.261 e. The highest BCUT2D eigenvalue weighted by atomic mass is 16.5. The van der Waals surface area contributed by atoms with E-state index in [1.165, 1.54) is 5.56 Å². The van der Waals surface area contributed by atoms with Crippen molar-refractivity contribution >= 4 is 5.91 Å². The van der Waals surface area contributed by atoms with Gasteiger partial charge < -0.3 is 19.5 Å². The molecular weight excluding hydrogens is 366 g/mol. The molecule has 0 saturated heterocycles. The van der Waals surface area contributed by atoms with Gasteiger partial charge in [0.05, 0.1) is 20.3 Å². The standard InChI is InChI=1S/C24H33NO4/c1-8-20(17-9-14-21(27-6)22(15-17)28-7)25-23(26)16(2)29-19-12-10-18(11-13-19)24(3,4)5/h9-16,20H,8H2,1-7H3,(H,25,26)/t16-,20-/m1/s1. The Balaban J connectivity index is 2.05. The van der Waals surface area contributed by atoms with Crippen LogP contribution in [0.5, 0.6) is 17.2 Å². The highest BCUT2D eigenvalue weighted by molar-refractivity contribution is 5.81. The number of rotatable bonds is 8. The molecule has 1 amide bonds. The second-order valence-electron chi connectivity index (χ2n) is 8.12. The summed E-state index contributed by atoms with van der Waals surface area (Å²) < 4.78 is 16.5. The van der Waals surface area contributed by atoms with E-state index >= 15 is 0 Å². The molecule has 2 aromatic carbocycles. The van der Waals surface area contributed by atoms with Crippen LogP contribution in [0.1, 0.15) is 58.2 Å². The molecule has 2 aromatic rings. The average molecular weight is 400 g/mol. The first-order valence-electron chi connectivity index (χ1n) is 9.99. The molecule has 5 nitrogen and oxygen atoms in total. The van der Waals surface area contributed by atoms with Crippen molar-refractivity contribution in [2.75, 3.05) is 14.2 Å². The van der Waals surface area contributed by atoms with Crippen molar-refractivity contribution in [3.05, 3.63) is 53.6 Å². The summed E-state index contributed by atoms with van der Waals surface area (Å²) in [5, 5.41) is 3.07. The third-order valence-corrected chi connectivity index (χ3v) is 4.94. The second-order valence-corrected chi connectivity index (χ2v) is 8.12. The van der Waals surface area contributed by atoms with Gasteiger partial charge in [0.25, 0.3) is 5.91 Å². The summed E-state index contributed by atoms with van der Waals surface area (Å²) >= 11 is 0. The third kappa shape index (κ3) is 5.89. The van der Waals surface area contributed by atoms with Crippen molar-refractivity contribution in [3.63, 3.8) is 0 Å². The van der Waals surface area contributed by atoms with Crippen molar-refractivity contribution in [2.24, 2.45) is 0 Å². The van der Waals surface area contributed by atoms with Crippen LogP contribution in [-0.2, 0) is 10.2 Å². The summed E-state index contributed by atoms with van der Waals surface area (Å²) in [5.74, 6) is 1.82. The van der Waals surface area contributed by atoms with Gasteiger partial charge in [-0.1, -0.05) is 45.9 Å². The van der Waals surface area contributed by atoms with Crippen molar-refractivity contribution in [1.29, 1.82) is 0 Å². The fraction of sp³-hybridized carbons (Fsp3) is 0.458. The predicted octanol–water partition coefficient (Wildman–Crippen LogP) is 5.04. The Kier molecular flexibility index (Phi) is 7.54. The van der Waals surface area contributed by atoms with Gasteiger partial charge in [0, 0.05) is 0 Å². The van der Waals surface area contributed by atoms with E-state index in [2.05, 4.69) is 26.1 Å². The fourth-order valence-electron chi connectivity index (χ4n) is 3.07. The third-order valence-electron chi connectivity index (χ3n) is 4.94. The number of hydrogen-bond acceptors (Lipinski definition) is 4. The Morgan fingerprint density at radius 1 is 1.00 bits per heavy atom. The summed E-state index contributed by atoms with van der Waals surface area (Å²) in [5.41, 5.74) is 2.26. The van der Waals surface area contributed by atoms with Crippen LogP contribution in [0.25, 0.3) is 0 Å². The predicted molar refractivity (Wildman–Crippen MR) is 116 cm³/mol. The largest absolute Gasteiger partial charge is 0.493 e. The van der Waals surface area contributed by atoms with Crippen LogP contribution in [0.3, 0.4) is 0 Å². The fourth-order valence-corrected chi connectivity index (χ4v) is 3.07. The first-order valence-corrected chi connectivity index (χ1v) is 9.99. The Morgan fingerprint density at radius 2 is 1.62 bits per heavy atom. The van der Waals surface area contributed by atoms with E-state index in [0.717, 1.165) is 12.0 Å². The minimum Gasteiger partial charge on any atom is -0.493 e. The number of carbonyl (C=O) groups excluding carboxylic acids is 1. The number of hydrogen-bond donors (Lipinski definition) is 1. The minimum atomic E-state index is -0.607. The molecule has 0 unspecified atom stereocenters. The first-order chi connectivity index (χ1) is 13.7. The Hall–Kier alpha value is -2.69. The summed E-state index contributed by atoms with van der Waals surface area (Å²) in [7, 11) is 3.20. The van der Waals surface area contributed by atoms with E-state index in [9.17, 15) is 4.79 Å². The van der Waals surface area contributed by atoms with Gasteiger partial charge in [0.15, 0.2) is 17.6 Å². The maximum absolute atomic E-state index is 12.7. The van der Waals surface area contributed by atoms with Crippen LogP contribution in [-0.4, -0.2) is 26.2 Å². The molecule has 0 bridgehead atoms. The second kappa shape index (κ2) is 9.68. The Labute approximate surface area is 174 Å². The number of amides is 1. The zero-order valence-corrected chi connectivity index (χ0v) is 18.5. The minimum absolute atomic E-state index is 0.0787. The summed E-state index contributed by atoms with van der Waals surface area (Å²) in [6.45, 7) is 10.3. The molecular formula is C24H33NO4. The molecule has 29 heavy (non-hydrogen) atoms. The molecule has 5 heteroatoms. The van der Waals surface area contributed by atoms with Gasteiger partial charge in [-0.2, -0.15) is 0 Å². The van der Waals surface area contributed by atoms with Gasteiger partial charge in [-0.3, -0.25) is 4.79 Å². The summed E-state index contributed by atoms with van der Waals surface area (Å²) in [6.07, 6.45) is 0.137. The number of methoxy groups -OCH3 is 2. The molecule has 0 saturated carbocycles. The zero-order chi connectivity index (χ0) is 21.6. The van der Waals surface area contributed by atoms with Crippen LogP contribution in [0.15, 0.2) is 42.5 Å². The zero-order valence-electron chi connectivity index (χ0n) is 18.5. The molecule has 2 rings (SSSR count). The highest BCUT2D eigenvalue weighted by Gasteiger charge is 2.21. The number of nitrogens with one attached hydrogen (secondary N) is 1. The molecule has 2 atom stereocenters. The Bertz CT molecular complexity index is 809. The number of ether oxygens (including phenoxy) is 3. The van der Waals surface area contributed by atoms with Crippen molar-refractivity contribution in [3.8, 4) is 17.2 Å². The van der Waals surface area contributed by atoms with Crippen LogP contribution >= 0.6 is 0 Å². The molecule has 0 spiro atoms. The average Bonchev–Trinajstić information content (AvgIpc) is 2.70. The quantitative estimate of drug-likeness (QED) is 0.676. The normalized spacial score (nSPS) is 13.3. The Morgan fingerprint density at radius 3 is 2.14 bits per heavy atom. The van der Waals surface area contributed by atoms with Crippen molar-refractivity contribution in [1.82, 2.24) is 5.32 Å². The first kappa shape index (κ1) is 22.6. The molecule has 0 aliphatic rings. The molecule has 0 aliphatic carbocycles. The SMILES string of the molecule is CC[C@@H](NC(=O)[C@@H](C)Oc1ccc(C(C)(C)C)cc1)c1ccc(OC)c(OC)c1. The van der Waals surface area contributed by atoms with E-state index in [0.29, 0.717) is 17.2 Å². The van der Waals surface area contributed by atoms with Gasteiger partial charge in [-0.05, 0) is 54.2 Å². The van der Waals surface area contributed by atoms with Gasteiger partial charge in [0.2, 0.25) is 0 Å². The topological polar surface area (TPSA) is 56.8 Å².